The molecule has 9 nitrogen and oxygen atoms in total. The summed E-state index contributed by atoms with van der Waals surface area (Å²) in [6, 6.07) is 0. The number of hydrogen-bond donors (Lipinski definition) is 6. The summed E-state index contributed by atoms with van der Waals surface area (Å²) in [5.41, 5.74) is 1.75. The normalized spacial score (nSPS) is 52.7. The SMILES string of the molecule is CC1=C(CC[C@H](C)CO[C@@H]2O[C@H](CO)[C@@H](O)[C@H](O)[C@H]2O)O[C@H]2C[C@H]3[C@@H]4CC[C@@H]5C[C@@H](O)[C@@H](O)C[C@]5(C)[C@H]4CC[C@]3(C)[C@@H]12. The molecule has 4 aliphatic carbocycles. The Bertz CT molecular complexity index is 1020. The molecular formula is C33H54O9. The second-order valence-electron chi connectivity index (χ2n) is 15.4. The summed E-state index contributed by atoms with van der Waals surface area (Å²) < 4.78 is 18.0. The highest BCUT2D eigenvalue weighted by Gasteiger charge is 2.65. The topological polar surface area (TPSA) is 149 Å². The Morgan fingerprint density at radius 2 is 1.69 bits per heavy atom. The van der Waals surface area contributed by atoms with Gasteiger partial charge in [0.05, 0.1) is 31.2 Å². The fourth-order valence-electron chi connectivity index (χ4n) is 10.8. The van der Waals surface area contributed by atoms with Crippen LogP contribution in [0, 0.1) is 46.3 Å². The molecule has 0 aromatic rings. The maximum absolute atomic E-state index is 10.6. The Morgan fingerprint density at radius 1 is 0.929 bits per heavy atom. The third-order valence-corrected chi connectivity index (χ3v) is 13.1. The van der Waals surface area contributed by atoms with Crippen molar-refractivity contribution in [1.29, 1.82) is 0 Å². The molecule has 2 aliphatic heterocycles. The monoisotopic (exact) mass is 594 g/mol. The molecule has 0 aromatic carbocycles. The van der Waals surface area contributed by atoms with Crippen LogP contribution >= 0.6 is 0 Å². The summed E-state index contributed by atoms with van der Waals surface area (Å²) in [5.74, 6) is 4.14. The average Bonchev–Trinajstić information content (AvgIpc) is 3.43. The van der Waals surface area contributed by atoms with Gasteiger partial charge >= 0.3 is 0 Å². The number of aliphatic hydroxyl groups is 6. The molecule has 0 aromatic heterocycles. The van der Waals surface area contributed by atoms with E-state index in [2.05, 4.69) is 27.7 Å². The van der Waals surface area contributed by atoms with Gasteiger partial charge in [0.15, 0.2) is 6.29 Å². The van der Waals surface area contributed by atoms with Crippen molar-refractivity contribution >= 4 is 0 Å². The van der Waals surface area contributed by atoms with Crippen molar-refractivity contribution in [2.24, 2.45) is 46.3 Å². The van der Waals surface area contributed by atoms with Gasteiger partial charge in [0.1, 0.15) is 30.5 Å². The van der Waals surface area contributed by atoms with E-state index in [0.29, 0.717) is 36.2 Å². The van der Waals surface area contributed by atoms with Crippen LogP contribution in [0.4, 0.5) is 0 Å². The van der Waals surface area contributed by atoms with E-state index in [0.717, 1.165) is 44.3 Å². The number of ether oxygens (including phenoxy) is 3. The Morgan fingerprint density at radius 3 is 2.43 bits per heavy atom. The Labute approximate surface area is 250 Å². The average molecular weight is 595 g/mol. The van der Waals surface area contributed by atoms with Crippen LogP contribution in [-0.4, -0.2) is 92.9 Å². The predicted octanol–water partition coefficient (Wildman–Crippen LogP) is 2.49. The number of hydrogen-bond acceptors (Lipinski definition) is 9. The number of fused-ring (bicyclic) bond motifs is 7. The highest BCUT2D eigenvalue weighted by atomic mass is 16.7. The van der Waals surface area contributed by atoms with Crippen molar-refractivity contribution in [1.82, 2.24) is 0 Å². The first-order valence-corrected chi connectivity index (χ1v) is 16.5. The van der Waals surface area contributed by atoms with Gasteiger partial charge in [-0.15, -0.1) is 0 Å². The molecule has 6 N–H and O–H groups in total. The Balaban J connectivity index is 1.06. The molecule has 0 bridgehead atoms. The first kappa shape index (κ1) is 31.2. The number of allylic oxidation sites excluding steroid dienone is 1. The van der Waals surface area contributed by atoms with Crippen LogP contribution in [0.2, 0.25) is 0 Å². The van der Waals surface area contributed by atoms with E-state index in [1.165, 1.54) is 24.8 Å². The molecule has 4 saturated carbocycles. The summed E-state index contributed by atoms with van der Waals surface area (Å²) in [6.07, 6.45) is 1.83. The van der Waals surface area contributed by atoms with Crippen molar-refractivity contribution in [3.63, 3.8) is 0 Å². The minimum Gasteiger partial charge on any atom is -0.494 e. The molecule has 6 rings (SSSR count). The van der Waals surface area contributed by atoms with Crippen LogP contribution in [0.5, 0.6) is 0 Å². The number of rotatable bonds is 7. The Hall–Kier alpha value is -0.780. The van der Waals surface area contributed by atoms with Gasteiger partial charge in [-0.25, -0.2) is 0 Å². The first-order valence-electron chi connectivity index (χ1n) is 16.5. The lowest BCUT2D eigenvalue weighted by atomic mass is 9.44. The van der Waals surface area contributed by atoms with E-state index in [-0.39, 0.29) is 22.9 Å². The molecule has 2 heterocycles. The van der Waals surface area contributed by atoms with Gasteiger partial charge in [0, 0.05) is 12.3 Å². The van der Waals surface area contributed by atoms with Gasteiger partial charge in [-0.05, 0) is 104 Å². The third kappa shape index (κ3) is 4.98. The van der Waals surface area contributed by atoms with E-state index in [1.807, 2.05) is 0 Å². The van der Waals surface area contributed by atoms with Crippen LogP contribution < -0.4 is 0 Å². The molecule has 0 spiro atoms. The van der Waals surface area contributed by atoms with Gasteiger partial charge in [0.2, 0.25) is 0 Å². The molecule has 0 amide bonds. The lowest BCUT2D eigenvalue weighted by molar-refractivity contribution is -0.303. The van der Waals surface area contributed by atoms with Crippen molar-refractivity contribution in [2.45, 2.75) is 135 Å². The summed E-state index contributed by atoms with van der Waals surface area (Å²) in [6.45, 7) is 9.11. The van der Waals surface area contributed by atoms with Crippen molar-refractivity contribution < 1.29 is 44.8 Å². The number of aliphatic hydroxyl groups excluding tert-OH is 6. The van der Waals surface area contributed by atoms with Crippen LogP contribution in [0.3, 0.4) is 0 Å². The summed E-state index contributed by atoms with van der Waals surface area (Å²) >= 11 is 0. The zero-order valence-corrected chi connectivity index (χ0v) is 25.8. The third-order valence-electron chi connectivity index (χ3n) is 13.1. The molecular weight excluding hydrogens is 540 g/mol. The zero-order valence-electron chi connectivity index (χ0n) is 25.8. The molecule has 1 saturated heterocycles. The summed E-state index contributed by atoms with van der Waals surface area (Å²) in [5, 5.41) is 60.7. The van der Waals surface area contributed by atoms with Gasteiger partial charge in [-0.2, -0.15) is 0 Å². The van der Waals surface area contributed by atoms with Gasteiger partial charge in [-0.1, -0.05) is 20.8 Å². The largest absolute Gasteiger partial charge is 0.494 e. The molecule has 9 heteroatoms. The van der Waals surface area contributed by atoms with E-state index < -0.39 is 49.5 Å². The second kappa shape index (κ2) is 11.5. The van der Waals surface area contributed by atoms with E-state index in [4.69, 9.17) is 14.2 Å². The predicted molar refractivity (Wildman–Crippen MR) is 154 cm³/mol. The quantitative estimate of drug-likeness (QED) is 0.261. The maximum Gasteiger partial charge on any atom is 0.186 e. The molecule has 0 unspecified atom stereocenters. The highest BCUT2D eigenvalue weighted by Crippen LogP contribution is 2.69. The van der Waals surface area contributed by atoms with Crippen LogP contribution in [-0.2, 0) is 14.2 Å². The Kier molecular flexibility index (Phi) is 8.58. The lowest BCUT2D eigenvalue weighted by Gasteiger charge is -2.61. The molecule has 5 fully saturated rings. The summed E-state index contributed by atoms with van der Waals surface area (Å²) in [7, 11) is 0. The lowest BCUT2D eigenvalue weighted by Crippen LogP contribution is -2.59. The minimum absolute atomic E-state index is 0.116. The highest BCUT2D eigenvalue weighted by molar-refractivity contribution is 5.26. The van der Waals surface area contributed by atoms with E-state index >= 15 is 0 Å². The second-order valence-corrected chi connectivity index (χ2v) is 15.4. The molecule has 240 valence electrons. The van der Waals surface area contributed by atoms with Crippen molar-refractivity contribution in [3.8, 4) is 0 Å². The molecule has 6 aliphatic rings. The van der Waals surface area contributed by atoms with Crippen molar-refractivity contribution in [2.75, 3.05) is 13.2 Å². The van der Waals surface area contributed by atoms with Crippen LogP contribution in [0.1, 0.15) is 85.5 Å². The van der Waals surface area contributed by atoms with E-state index in [9.17, 15) is 30.6 Å². The molecule has 42 heavy (non-hydrogen) atoms. The smallest absolute Gasteiger partial charge is 0.186 e. The van der Waals surface area contributed by atoms with Crippen molar-refractivity contribution in [3.05, 3.63) is 11.3 Å². The fraction of sp³-hybridized carbons (Fsp3) is 0.939. The van der Waals surface area contributed by atoms with Gasteiger partial charge in [0.25, 0.3) is 0 Å². The molecule has 0 radical (unpaired) electrons. The maximum atomic E-state index is 10.6. The zero-order chi connectivity index (χ0) is 30.1. The first-order chi connectivity index (χ1) is 19.9. The van der Waals surface area contributed by atoms with Gasteiger partial charge < -0.3 is 44.8 Å². The van der Waals surface area contributed by atoms with E-state index in [1.54, 1.807) is 0 Å². The minimum atomic E-state index is -1.43. The van der Waals surface area contributed by atoms with Crippen LogP contribution in [0.15, 0.2) is 11.3 Å². The standard InChI is InChI=1S/C33H54O9/c1-16(15-40-31-30(39)29(38)28(37)26(14-34)42-31)5-8-24-17(2)27-25(41-24)12-21-19-7-6-18-11-22(35)23(36)13-33(18,4)20(19)9-10-32(21,27)3/h16,18-23,25-31,34-39H,5-15H2,1-4H3/t16-,18+,19+,20-,21-,22+,23-,25-,26+,27-,28+,29-,30+,31+,32-,33-/m0/s1. The summed E-state index contributed by atoms with van der Waals surface area (Å²) in [4.78, 5) is 0. The van der Waals surface area contributed by atoms with Gasteiger partial charge in [-0.3, -0.25) is 0 Å². The fourth-order valence-corrected chi connectivity index (χ4v) is 10.8. The van der Waals surface area contributed by atoms with Crippen LogP contribution in [0.25, 0.3) is 0 Å². The molecule has 16 atom stereocenters.